The van der Waals surface area contributed by atoms with Crippen molar-refractivity contribution in [3.8, 4) is 12.3 Å². The van der Waals surface area contributed by atoms with Crippen LogP contribution in [0.25, 0.3) is 0 Å². The fourth-order valence-corrected chi connectivity index (χ4v) is 4.32. The third kappa shape index (κ3) is 2.99. The maximum absolute atomic E-state index is 5.25. The number of unbranched alkanes of at least 4 members (excludes halogenated alkanes) is 1. The summed E-state index contributed by atoms with van der Waals surface area (Å²) in [5, 5.41) is 3.63. The molecule has 0 saturated carbocycles. The Morgan fingerprint density at radius 1 is 1.62 bits per heavy atom. The van der Waals surface area contributed by atoms with Crippen LogP contribution in [0.15, 0.2) is 6.07 Å². The number of fused-ring (bicyclic) bond motifs is 1. The van der Waals surface area contributed by atoms with Crippen molar-refractivity contribution in [2.45, 2.75) is 38.1 Å². The molecule has 1 aromatic heterocycles. The quantitative estimate of drug-likeness (QED) is 0.498. The molecule has 1 atom stereocenters. The molecule has 0 fully saturated rings. The van der Waals surface area contributed by atoms with Gasteiger partial charge in [0.2, 0.25) is 0 Å². The topological polar surface area (TPSA) is 12.0 Å². The van der Waals surface area contributed by atoms with Gasteiger partial charge in [0.05, 0.1) is 2.88 Å². The van der Waals surface area contributed by atoms with Crippen LogP contribution >= 0.6 is 33.9 Å². The second kappa shape index (κ2) is 6.04. The molecule has 86 valence electrons. The van der Waals surface area contributed by atoms with E-state index in [9.17, 15) is 0 Å². The molecule has 3 heteroatoms. The predicted molar refractivity (Wildman–Crippen MR) is 78.8 cm³/mol. The van der Waals surface area contributed by atoms with Gasteiger partial charge in [0.15, 0.2) is 0 Å². The largest absolute Gasteiger partial charge is 0.310 e. The average molecular weight is 345 g/mol. The number of nitrogens with one attached hydrogen (secondary N) is 1. The monoisotopic (exact) mass is 345 g/mol. The van der Waals surface area contributed by atoms with Gasteiger partial charge < -0.3 is 5.32 Å². The number of hydrogen-bond acceptors (Lipinski definition) is 2. The van der Waals surface area contributed by atoms with Gasteiger partial charge >= 0.3 is 0 Å². The lowest BCUT2D eigenvalue weighted by Gasteiger charge is -2.23. The maximum atomic E-state index is 5.25. The van der Waals surface area contributed by atoms with Gasteiger partial charge in [-0.05, 0) is 66.4 Å². The molecule has 0 amide bonds. The normalized spacial score (nSPS) is 19.1. The molecule has 1 aliphatic rings. The van der Waals surface area contributed by atoms with Crippen molar-refractivity contribution in [3.63, 3.8) is 0 Å². The third-order valence-electron chi connectivity index (χ3n) is 2.97. The summed E-state index contributed by atoms with van der Waals surface area (Å²) in [6.45, 7) is 1.04. The summed E-state index contributed by atoms with van der Waals surface area (Å²) in [7, 11) is 0. The molecular formula is C13H16INS. The molecule has 1 aromatic rings. The zero-order chi connectivity index (χ0) is 11.4. The van der Waals surface area contributed by atoms with Gasteiger partial charge in [-0.1, -0.05) is 0 Å². The van der Waals surface area contributed by atoms with E-state index in [1.165, 1.54) is 22.1 Å². The first-order chi connectivity index (χ1) is 7.81. The van der Waals surface area contributed by atoms with E-state index in [0.717, 1.165) is 19.4 Å². The molecule has 2 rings (SSSR count). The number of terminal acetylenes is 1. The Morgan fingerprint density at radius 2 is 2.50 bits per heavy atom. The van der Waals surface area contributed by atoms with Crippen LogP contribution in [0, 0.1) is 15.2 Å². The summed E-state index contributed by atoms with van der Waals surface area (Å²) in [5.41, 5.74) is 1.54. The van der Waals surface area contributed by atoms with Gasteiger partial charge in [0, 0.05) is 17.3 Å². The molecule has 0 saturated heterocycles. The van der Waals surface area contributed by atoms with Crippen LogP contribution in [0.1, 0.15) is 42.2 Å². The molecule has 0 bridgehead atoms. The highest BCUT2D eigenvalue weighted by Gasteiger charge is 2.21. The van der Waals surface area contributed by atoms with Gasteiger partial charge in [0.25, 0.3) is 0 Å². The van der Waals surface area contributed by atoms with Crippen molar-refractivity contribution in [3.05, 3.63) is 19.4 Å². The Labute approximate surface area is 115 Å². The standard InChI is InChI=1S/C13H16INS/c1-2-3-4-8-15-11-6-5-7-12-10(11)9-13(14)16-12/h1,9,11,15H,3-8H2. The average Bonchev–Trinajstić information content (AvgIpc) is 2.65. The minimum absolute atomic E-state index is 0.571. The van der Waals surface area contributed by atoms with Crippen molar-refractivity contribution in [2.24, 2.45) is 0 Å². The van der Waals surface area contributed by atoms with Gasteiger partial charge in [-0.15, -0.1) is 23.7 Å². The number of aryl methyl sites for hydroxylation is 1. The fourth-order valence-electron chi connectivity index (χ4n) is 2.20. The minimum Gasteiger partial charge on any atom is -0.310 e. The smallest absolute Gasteiger partial charge is 0.0659 e. The van der Waals surface area contributed by atoms with Crippen LogP contribution in [0.2, 0.25) is 0 Å². The molecule has 1 aliphatic carbocycles. The zero-order valence-corrected chi connectivity index (χ0v) is 12.2. The van der Waals surface area contributed by atoms with Crippen molar-refractivity contribution in [1.29, 1.82) is 0 Å². The highest BCUT2D eigenvalue weighted by atomic mass is 127. The molecule has 1 heterocycles. The number of hydrogen-bond donors (Lipinski definition) is 1. The summed E-state index contributed by atoms with van der Waals surface area (Å²) in [5.74, 6) is 2.69. The second-order valence-corrected chi connectivity index (χ2v) is 7.17. The maximum Gasteiger partial charge on any atom is 0.0659 e. The van der Waals surface area contributed by atoms with Gasteiger partial charge in [-0.2, -0.15) is 0 Å². The molecule has 1 unspecified atom stereocenters. The summed E-state index contributed by atoms with van der Waals surface area (Å²) in [6.07, 6.45) is 11.1. The van der Waals surface area contributed by atoms with Gasteiger partial charge in [-0.3, -0.25) is 0 Å². The molecule has 1 N–H and O–H groups in total. The Morgan fingerprint density at radius 3 is 3.31 bits per heavy atom. The molecule has 0 aromatic carbocycles. The van der Waals surface area contributed by atoms with Crippen molar-refractivity contribution < 1.29 is 0 Å². The molecule has 1 nitrogen and oxygen atoms in total. The van der Waals surface area contributed by atoms with E-state index in [1.54, 1.807) is 10.4 Å². The summed E-state index contributed by atoms with van der Waals surface area (Å²) in [4.78, 5) is 1.59. The van der Waals surface area contributed by atoms with Crippen LogP contribution in [0.5, 0.6) is 0 Å². The van der Waals surface area contributed by atoms with Crippen LogP contribution in [0.4, 0.5) is 0 Å². The van der Waals surface area contributed by atoms with E-state index in [4.69, 9.17) is 6.42 Å². The molecule has 16 heavy (non-hydrogen) atoms. The van der Waals surface area contributed by atoms with Crippen LogP contribution in [-0.4, -0.2) is 6.54 Å². The Kier molecular flexibility index (Phi) is 4.68. The second-order valence-electron chi connectivity index (χ2n) is 4.14. The van der Waals surface area contributed by atoms with E-state index in [1.807, 2.05) is 11.3 Å². The van der Waals surface area contributed by atoms with E-state index >= 15 is 0 Å². The molecular weight excluding hydrogens is 329 g/mol. The number of halogens is 1. The van der Waals surface area contributed by atoms with Crippen molar-refractivity contribution in [1.82, 2.24) is 5.32 Å². The molecule has 0 radical (unpaired) electrons. The first-order valence-electron chi connectivity index (χ1n) is 5.76. The Bertz CT molecular complexity index is 391. The molecule has 0 aliphatic heterocycles. The van der Waals surface area contributed by atoms with Crippen LogP contribution in [0.3, 0.4) is 0 Å². The van der Waals surface area contributed by atoms with E-state index in [2.05, 4.69) is 39.9 Å². The first-order valence-corrected chi connectivity index (χ1v) is 7.65. The van der Waals surface area contributed by atoms with Crippen LogP contribution < -0.4 is 5.32 Å². The lowest BCUT2D eigenvalue weighted by atomic mass is 9.94. The summed E-state index contributed by atoms with van der Waals surface area (Å²) in [6, 6.07) is 2.92. The molecule has 0 spiro atoms. The zero-order valence-electron chi connectivity index (χ0n) is 9.26. The van der Waals surface area contributed by atoms with Gasteiger partial charge in [-0.25, -0.2) is 0 Å². The number of rotatable bonds is 4. The van der Waals surface area contributed by atoms with Gasteiger partial charge in [0.1, 0.15) is 0 Å². The van der Waals surface area contributed by atoms with Crippen LogP contribution in [-0.2, 0) is 6.42 Å². The van der Waals surface area contributed by atoms with E-state index < -0.39 is 0 Å². The Balaban J connectivity index is 1.94. The van der Waals surface area contributed by atoms with E-state index in [-0.39, 0.29) is 0 Å². The lowest BCUT2D eigenvalue weighted by Crippen LogP contribution is -2.25. The third-order valence-corrected chi connectivity index (χ3v) is 4.94. The SMILES string of the molecule is C#CCCCNC1CCCc2sc(I)cc21. The van der Waals surface area contributed by atoms with Crippen molar-refractivity contribution in [2.75, 3.05) is 6.54 Å². The fraction of sp³-hybridized carbons (Fsp3) is 0.538. The Hall–Kier alpha value is -0.0500. The van der Waals surface area contributed by atoms with E-state index in [0.29, 0.717) is 6.04 Å². The summed E-state index contributed by atoms with van der Waals surface area (Å²) < 4.78 is 1.42. The lowest BCUT2D eigenvalue weighted by molar-refractivity contribution is 0.461. The van der Waals surface area contributed by atoms with Crippen molar-refractivity contribution >= 4 is 33.9 Å². The summed E-state index contributed by atoms with van der Waals surface area (Å²) >= 11 is 4.38. The predicted octanol–water partition coefficient (Wildman–Crippen LogP) is 3.73. The number of thiophene rings is 1. The first kappa shape index (κ1) is 12.4. The highest BCUT2D eigenvalue weighted by molar-refractivity contribution is 14.1. The minimum atomic E-state index is 0.571. The highest BCUT2D eigenvalue weighted by Crippen LogP contribution is 2.36.